The highest BCUT2D eigenvalue weighted by molar-refractivity contribution is 9.10. The first-order valence-corrected chi connectivity index (χ1v) is 10.6. The molecule has 0 radical (unpaired) electrons. The molecule has 6 nitrogen and oxygen atoms in total. The molecule has 2 aromatic rings. The van der Waals surface area contributed by atoms with Crippen LogP contribution in [0.4, 0.5) is 0 Å². The van der Waals surface area contributed by atoms with E-state index in [1.54, 1.807) is 18.9 Å². The summed E-state index contributed by atoms with van der Waals surface area (Å²) in [4.78, 5) is 30.6. The third kappa shape index (κ3) is 4.19. The summed E-state index contributed by atoms with van der Waals surface area (Å²) in [5, 5.41) is 3.87. The van der Waals surface area contributed by atoms with E-state index in [0.29, 0.717) is 17.3 Å². The molecule has 26 heavy (non-hydrogen) atoms. The van der Waals surface area contributed by atoms with Gasteiger partial charge in [-0.15, -0.1) is 11.8 Å². The number of nitrogens with zero attached hydrogens (tertiary/aromatic N) is 2. The number of halogens is 1. The van der Waals surface area contributed by atoms with Crippen LogP contribution in [0.3, 0.4) is 0 Å². The fraction of sp³-hybridized carbons (Fsp3) is 0.500. The van der Waals surface area contributed by atoms with Crippen LogP contribution in [0.5, 0.6) is 0 Å². The molecule has 1 saturated heterocycles. The Morgan fingerprint density at radius 2 is 2.31 bits per heavy atom. The van der Waals surface area contributed by atoms with E-state index in [1.165, 1.54) is 10.9 Å². The Balaban J connectivity index is 1.80. The van der Waals surface area contributed by atoms with E-state index in [0.717, 1.165) is 28.8 Å². The first-order chi connectivity index (χ1) is 12.5. The molecule has 1 aromatic carbocycles. The van der Waals surface area contributed by atoms with Gasteiger partial charge >= 0.3 is 0 Å². The number of ether oxygens (including phenoxy) is 1. The van der Waals surface area contributed by atoms with Crippen molar-refractivity contribution in [3.05, 3.63) is 33.3 Å². The highest BCUT2D eigenvalue weighted by Crippen LogP contribution is 2.28. The van der Waals surface area contributed by atoms with Crippen LogP contribution in [0.1, 0.15) is 19.3 Å². The fourth-order valence-electron chi connectivity index (χ4n) is 3.34. The third-order valence-corrected chi connectivity index (χ3v) is 6.41. The fourth-order valence-corrected chi connectivity index (χ4v) is 4.64. The van der Waals surface area contributed by atoms with Crippen molar-refractivity contribution in [2.45, 2.75) is 42.8 Å². The summed E-state index contributed by atoms with van der Waals surface area (Å²) in [6.45, 7) is 0.919. The lowest BCUT2D eigenvalue weighted by molar-refractivity contribution is -0.121. The summed E-state index contributed by atoms with van der Waals surface area (Å²) in [7, 11) is 1.67. The minimum atomic E-state index is -0.189. The quantitative estimate of drug-likeness (QED) is 0.697. The molecule has 140 valence electrons. The van der Waals surface area contributed by atoms with Gasteiger partial charge in [-0.3, -0.25) is 14.2 Å². The molecule has 1 aliphatic rings. The largest absolute Gasteiger partial charge is 0.380 e. The highest BCUT2D eigenvalue weighted by atomic mass is 79.9. The zero-order valence-electron chi connectivity index (χ0n) is 14.8. The minimum Gasteiger partial charge on any atom is -0.380 e. The lowest BCUT2D eigenvalue weighted by atomic mass is 9.96. The Morgan fingerprint density at radius 1 is 1.50 bits per heavy atom. The number of methoxy groups -OCH3 is 1. The molecule has 2 heterocycles. The second-order valence-electron chi connectivity index (χ2n) is 6.40. The van der Waals surface area contributed by atoms with Crippen molar-refractivity contribution in [1.29, 1.82) is 0 Å². The first kappa shape index (κ1) is 19.5. The van der Waals surface area contributed by atoms with E-state index >= 15 is 0 Å². The van der Waals surface area contributed by atoms with E-state index in [4.69, 9.17) is 4.74 Å². The monoisotopic (exact) mass is 439 g/mol. The van der Waals surface area contributed by atoms with E-state index in [2.05, 4.69) is 26.2 Å². The van der Waals surface area contributed by atoms with Crippen LogP contribution >= 0.6 is 27.7 Å². The average Bonchev–Trinajstić information content (AvgIpc) is 2.64. The number of ketones is 1. The lowest BCUT2D eigenvalue weighted by Gasteiger charge is -2.31. The summed E-state index contributed by atoms with van der Waals surface area (Å²) in [5.41, 5.74) is 0.433. The molecule has 2 atom stereocenters. The summed E-state index contributed by atoms with van der Waals surface area (Å²) in [6, 6.07) is 3.66. The van der Waals surface area contributed by atoms with E-state index in [9.17, 15) is 9.59 Å². The van der Waals surface area contributed by atoms with Crippen LogP contribution in [0.15, 0.2) is 32.6 Å². The number of Topliss-reactive ketones (excluding diaryl/α,β-unsaturated/α-hetero) is 1. The van der Waals surface area contributed by atoms with Gasteiger partial charge < -0.3 is 10.1 Å². The Morgan fingerprint density at radius 3 is 3.04 bits per heavy atom. The van der Waals surface area contributed by atoms with Crippen LogP contribution in [-0.2, 0) is 16.1 Å². The molecule has 1 N–H and O–H groups in total. The molecule has 3 rings (SSSR count). The van der Waals surface area contributed by atoms with Crippen molar-refractivity contribution in [3.63, 3.8) is 0 Å². The number of hydrogen-bond donors (Lipinski definition) is 1. The normalized spacial score (nSPS) is 20.4. The van der Waals surface area contributed by atoms with Crippen molar-refractivity contribution in [3.8, 4) is 0 Å². The summed E-state index contributed by atoms with van der Waals surface area (Å²) in [6.07, 6.45) is 5.79. The van der Waals surface area contributed by atoms with Gasteiger partial charge in [0.15, 0.2) is 5.78 Å². The van der Waals surface area contributed by atoms with Gasteiger partial charge in [0.2, 0.25) is 0 Å². The maximum absolute atomic E-state index is 12.8. The van der Waals surface area contributed by atoms with Crippen LogP contribution < -0.4 is 10.9 Å². The zero-order valence-corrected chi connectivity index (χ0v) is 17.2. The number of thioether (sulfide) groups is 1. The van der Waals surface area contributed by atoms with Crippen molar-refractivity contribution >= 4 is 44.4 Å². The number of carbonyl (C=O) groups excluding carboxylic acids is 1. The zero-order chi connectivity index (χ0) is 18.7. The third-order valence-electron chi connectivity index (χ3n) is 4.72. The van der Waals surface area contributed by atoms with Gasteiger partial charge in [-0.05, 0) is 53.7 Å². The van der Waals surface area contributed by atoms with Crippen molar-refractivity contribution in [1.82, 2.24) is 14.9 Å². The van der Waals surface area contributed by atoms with Gasteiger partial charge in [-0.2, -0.15) is 0 Å². The Kier molecular flexibility index (Phi) is 6.50. The molecular formula is C18H22BrN3O3S. The maximum Gasteiger partial charge on any atom is 0.261 e. The molecular weight excluding hydrogens is 418 g/mol. The second kappa shape index (κ2) is 8.65. The van der Waals surface area contributed by atoms with Crippen LogP contribution in [0.2, 0.25) is 0 Å². The smallest absolute Gasteiger partial charge is 0.261 e. The number of rotatable bonds is 6. The van der Waals surface area contributed by atoms with E-state index in [-0.39, 0.29) is 30.0 Å². The van der Waals surface area contributed by atoms with Gasteiger partial charge in [0.1, 0.15) is 0 Å². The summed E-state index contributed by atoms with van der Waals surface area (Å²) in [5.74, 6) is -0.00287. The minimum absolute atomic E-state index is 0.00287. The standard InChI is InChI=1S/C18H22BrN3O3S/c1-25-16-4-3-5-20-15(16)6-11(23)9-22-10-21-14-8-13(19)17(26-2)7-12(14)18(22)24/h7-8,10,15-16,20H,3-6,9H2,1-2H3/t15-,16+/m0/s1. The molecule has 1 aliphatic heterocycles. The van der Waals surface area contributed by atoms with Gasteiger partial charge in [0, 0.05) is 28.9 Å². The number of piperidine rings is 1. The van der Waals surface area contributed by atoms with Crippen molar-refractivity contribution in [2.24, 2.45) is 0 Å². The first-order valence-electron chi connectivity index (χ1n) is 8.54. The molecule has 0 bridgehead atoms. The lowest BCUT2D eigenvalue weighted by Crippen LogP contribution is -2.47. The molecule has 1 aromatic heterocycles. The number of benzene rings is 1. The molecule has 0 spiro atoms. The van der Waals surface area contributed by atoms with Gasteiger partial charge in [0.25, 0.3) is 5.56 Å². The SMILES string of the molecule is CO[C@@H]1CCCN[C@H]1CC(=O)Cn1cnc2cc(Br)c(SC)cc2c1=O. The predicted octanol–water partition coefficient (Wildman–Crippen LogP) is 2.61. The number of carbonyl (C=O) groups is 1. The molecule has 0 unspecified atom stereocenters. The van der Waals surface area contributed by atoms with Crippen molar-refractivity contribution < 1.29 is 9.53 Å². The van der Waals surface area contributed by atoms with Crippen LogP contribution in [0, 0.1) is 0 Å². The summed E-state index contributed by atoms with van der Waals surface area (Å²) >= 11 is 5.04. The highest BCUT2D eigenvalue weighted by Gasteiger charge is 2.26. The Bertz CT molecular complexity index is 871. The molecule has 0 saturated carbocycles. The molecule has 0 aliphatic carbocycles. The second-order valence-corrected chi connectivity index (χ2v) is 8.10. The Labute approximate surface area is 164 Å². The Hall–Kier alpha value is -1.22. The number of nitrogens with one attached hydrogen (secondary N) is 1. The van der Waals surface area contributed by atoms with Gasteiger partial charge in [-0.25, -0.2) is 4.98 Å². The number of fused-ring (bicyclic) bond motifs is 1. The number of hydrogen-bond acceptors (Lipinski definition) is 6. The van der Waals surface area contributed by atoms with Crippen LogP contribution in [-0.4, -0.2) is 47.4 Å². The van der Waals surface area contributed by atoms with Gasteiger partial charge in [0.05, 0.1) is 29.9 Å². The topological polar surface area (TPSA) is 73.2 Å². The van der Waals surface area contributed by atoms with Crippen molar-refractivity contribution in [2.75, 3.05) is 19.9 Å². The average molecular weight is 440 g/mol. The van der Waals surface area contributed by atoms with E-state index in [1.807, 2.05) is 18.4 Å². The predicted molar refractivity (Wildman–Crippen MR) is 107 cm³/mol. The molecule has 1 fully saturated rings. The molecule has 8 heteroatoms. The maximum atomic E-state index is 12.8. The number of aromatic nitrogens is 2. The molecule has 0 amide bonds. The van der Waals surface area contributed by atoms with Gasteiger partial charge in [-0.1, -0.05) is 0 Å². The van der Waals surface area contributed by atoms with Crippen LogP contribution in [0.25, 0.3) is 10.9 Å². The van der Waals surface area contributed by atoms with E-state index < -0.39 is 0 Å². The summed E-state index contributed by atoms with van der Waals surface area (Å²) < 4.78 is 7.78.